The molecule has 1 amide bonds. The molecule has 8 heteroatoms. The van der Waals surface area contributed by atoms with Gasteiger partial charge in [-0.2, -0.15) is 0 Å². The van der Waals surface area contributed by atoms with Crippen molar-refractivity contribution in [3.8, 4) is 11.4 Å². The normalized spacial score (nSPS) is 15.5. The highest BCUT2D eigenvalue weighted by Gasteiger charge is 2.27. The van der Waals surface area contributed by atoms with E-state index in [0.29, 0.717) is 24.5 Å². The summed E-state index contributed by atoms with van der Waals surface area (Å²) in [6.45, 7) is 3.54. The van der Waals surface area contributed by atoms with Crippen LogP contribution in [0.25, 0.3) is 16.6 Å². The molecule has 1 saturated heterocycles. The first kappa shape index (κ1) is 22.0. The molecule has 0 radical (unpaired) electrons. The van der Waals surface area contributed by atoms with E-state index in [9.17, 15) is 4.79 Å². The molecule has 0 saturated carbocycles. The number of pyridine rings is 1. The van der Waals surface area contributed by atoms with Gasteiger partial charge in [0.2, 0.25) is 0 Å². The molecule has 2 aromatic heterocycles. The Labute approximate surface area is 198 Å². The van der Waals surface area contributed by atoms with Gasteiger partial charge >= 0.3 is 0 Å². The summed E-state index contributed by atoms with van der Waals surface area (Å²) in [7, 11) is 1.64. The lowest BCUT2D eigenvalue weighted by molar-refractivity contribution is 0.0502. The number of amides is 1. The Kier molecular flexibility index (Phi) is 6.22. The molecular weight excluding hydrogens is 430 g/mol. The van der Waals surface area contributed by atoms with Gasteiger partial charge in [-0.05, 0) is 61.7 Å². The molecule has 1 unspecified atom stereocenters. The van der Waals surface area contributed by atoms with Crippen LogP contribution in [0.15, 0.2) is 60.8 Å². The average Bonchev–Trinajstić information content (AvgIpc) is 3.52. The van der Waals surface area contributed by atoms with Gasteiger partial charge in [-0.25, -0.2) is 4.68 Å². The summed E-state index contributed by atoms with van der Waals surface area (Å²) in [6.07, 6.45) is 3.73. The summed E-state index contributed by atoms with van der Waals surface area (Å²) >= 11 is 0. The number of aromatic nitrogens is 4. The molecule has 174 valence electrons. The number of benzene rings is 2. The minimum absolute atomic E-state index is 0.0223. The Balaban J connectivity index is 1.47. The van der Waals surface area contributed by atoms with Crippen LogP contribution in [-0.4, -0.2) is 57.2 Å². The van der Waals surface area contributed by atoms with Crippen LogP contribution >= 0.6 is 0 Å². The van der Waals surface area contributed by atoms with Crippen LogP contribution in [0.1, 0.15) is 34.6 Å². The fourth-order valence-electron chi connectivity index (χ4n) is 4.42. The van der Waals surface area contributed by atoms with Crippen LogP contribution in [-0.2, 0) is 11.3 Å². The second-order valence-corrected chi connectivity index (χ2v) is 8.45. The highest BCUT2D eigenvalue weighted by Crippen LogP contribution is 2.24. The number of ether oxygens (including phenoxy) is 2. The Hall–Kier alpha value is -3.78. The average molecular weight is 458 g/mol. The van der Waals surface area contributed by atoms with Crippen molar-refractivity contribution in [3.05, 3.63) is 77.7 Å². The van der Waals surface area contributed by atoms with E-state index in [4.69, 9.17) is 9.47 Å². The van der Waals surface area contributed by atoms with Gasteiger partial charge in [0.05, 0.1) is 30.1 Å². The third-order valence-corrected chi connectivity index (χ3v) is 6.19. The zero-order chi connectivity index (χ0) is 23.5. The molecule has 8 nitrogen and oxygen atoms in total. The van der Waals surface area contributed by atoms with E-state index < -0.39 is 0 Å². The Morgan fingerprint density at radius 3 is 2.91 bits per heavy atom. The fraction of sp³-hybridized carbons (Fsp3) is 0.308. The standard InChI is InChI=1S/C26H27N5O3/c1-18-25(28-29-31(18)24-12-4-11-23-22(24)10-5-13-27-23)26(32)30(17-21-9-6-14-34-21)16-19-7-3-8-20(15-19)33-2/h3-5,7-8,10-13,15,21H,6,9,14,16-17H2,1-2H3. The summed E-state index contributed by atoms with van der Waals surface area (Å²) < 4.78 is 12.9. The van der Waals surface area contributed by atoms with E-state index in [1.165, 1.54) is 0 Å². The molecule has 2 aromatic carbocycles. The van der Waals surface area contributed by atoms with Crippen molar-refractivity contribution in [2.75, 3.05) is 20.3 Å². The molecule has 3 heterocycles. The lowest BCUT2D eigenvalue weighted by Gasteiger charge is -2.25. The van der Waals surface area contributed by atoms with Crippen molar-refractivity contribution < 1.29 is 14.3 Å². The lowest BCUT2D eigenvalue weighted by Crippen LogP contribution is -2.37. The van der Waals surface area contributed by atoms with Crippen molar-refractivity contribution in [2.24, 2.45) is 0 Å². The van der Waals surface area contributed by atoms with Crippen LogP contribution in [0.3, 0.4) is 0 Å². The van der Waals surface area contributed by atoms with Gasteiger partial charge in [0.15, 0.2) is 5.69 Å². The topological polar surface area (TPSA) is 82.4 Å². The van der Waals surface area contributed by atoms with Gasteiger partial charge in [0.1, 0.15) is 5.75 Å². The van der Waals surface area contributed by atoms with E-state index in [-0.39, 0.29) is 12.0 Å². The van der Waals surface area contributed by atoms with Crippen molar-refractivity contribution in [3.63, 3.8) is 0 Å². The van der Waals surface area contributed by atoms with E-state index in [1.807, 2.05) is 61.5 Å². The SMILES string of the molecule is COc1cccc(CN(CC2CCCO2)C(=O)c2nnn(-c3cccc4ncccc34)c2C)c1. The molecule has 0 aliphatic carbocycles. The van der Waals surface area contributed by atoms with Crippen molar-refractivity contribution in [2.45, 2.75) is 32.4 Å². The van der Waals surface area contributed by atoms with E-state index >= 15 is 0 Å². The Morgan fingerprint density at radius 2 is 2.09 bits per heavy atom. The first-order valence-corrected chi connectivity index (χ1v) is 11.4. The molecule has 0 spiro atoms. The Morgan fingerprint density at radius 1 is 1.21 bits per heavy atom. The molecule has 1 aliphatic heterocycles. The zero-order valence-electron chi connectivity index (χ0n) is 19.3. The predicted octanol–water partition coefficient (Wildman–Crippen LogP) is 3.95. The third-order valence-electron chi connectivity index (χ3n) is 6.19. The zero-order valence-corrected chi connectivity index (χ0v) is 19.3. The molecule has 5 rings (SSSR count). The largest absolute Gasteiger partial charge is 0.497 e. The van der Waals surface area contributed by atoms with Crippen molar-refractivity contribution in [1.29, 1.82) is 0 Å². The second-order valence-electron chi connectivity index (χ2n) is 8.45. The number of methoxy groups -OCH3 is 1. The minimum atomic E-state index is -0.166. The lowest BCUT2D eigenvalue weighted by atomic mass is 10.1. The maximum absolute atomic E-state index is 13.7. The van der Waals surface area contributed by atoms with Gasteiger partial charge < -0.3 is 14.4 Å². The van der Waals surface area contributed by atoms with Crippen LogP contribution in [0.4, 0.5) is 0 Å². The highest BCUT2D eigenvalue weighted by atomic mass is 16.5. The molecular formula is C26H27N5O3. The minimum Gasteiger partial charge on any atom is -0.497 e. The summed E-state index contributed by atoms with van der Waals surface area (Å²) in [4.78, 5) is 20.0. The number of carbonyl (C=O) groups excluding carboxylic acids is 1. The maximum atomic E-state index is 13.7. The van der Waals surface area contributed by atoms with Gasteiger partial charge in [-0.3, -0.25) is 9.78 Å². The number of rotatable bonds is 7. The molecule has 1 fully saturated rings. The van der Waals surface area contributed by atoms with E-state index in [0.717, 1.165) is 47.4 Å². The first-order chi connectivity index (χ1) is 16.6. The molecule has 34 heavy (non-hydrogen) atoms. The quantitative estimate of drug-likeness (QED) is 0.418. The van der Waals surface area contributed by atoms with Gasteiger partial charge in [-0.1, -0.05) is 23.4 Å². The Bertz CT molecular complexity index is 1310. The van der Waals surface area contributed by atoms with E-state index in [2.05, 4.69) is 15.3 Å². The second kappa shape index (κ2) is 9.61. The van der Waals surface area contributed by atoms with Gasteiger partial charge in [0, 0.05) is 31.3 Å². The van der Waals surface area contributed by atoms with Crippen LogP contribution in [0.2, 0.25) is 0 Å². The molecule has 1 aliphatic rings. The maximum Gasteiger partial charge on any atom is 0.276 e. The number of fused-ring (bicyclic) bond motifs is 1. The first-order valence-electron chi connectivity index (χ1n) is 11.4. The van der Waals surface area contributed by atoms with Crippen molar-refractivity contribution in [1.82, 2.24) is 24.9 Å². The smallest absolute Gasteiger partial charge is 0.276 e. The van der Waals surface area contributed by atoms with Crippen LogP contribution in [0, 0.1) is 6.92 Å². The fourth-order valence-corrected chi connectivity index (χ4v) is 4.42. The molecule has 4 aromatic rings. The summed E-state index contributed by atoms with van der Waals surface area (Å²) in [5.74, 6) is 0.592. The highest BCUT2D eigenvalue weighted by molar-refractivity contribution is 5.94. The van der Waals surface area contributed by atoms with Crippen LogP contribution in [0.5, 0.6) is 5.75 Å². The number of hydrogen-bond acceptors (Lipinski definition) is 6. The van der Waals surface area contributed by atoms with Gasteiger partial charge in [-0.15, -0.1) is 5.10 Å². The third kappa shape index (κ3) is 4.36. The molecule has 1 atom stereocenters. The number of hydrogen-bond donors (Lipinski definition) is 0. The summed E-state index contributed by atoms with van der Waals surface area (Å²) in [6, 6.07) is 17.5. The molecule has 0 bridgehead atoms. The number of nitrogens with zero attached hydrogens (tertiary/aromatic N) is 5. The number of carbonyl (C=O) groups is 1. The summed E-state index contributed by atoms with van der Waals surface area (Å²) in [5.41, 5.74) is 3.70. The van der Waals surface area contributed by atoms with Crippen molar-refractivity contribution >= 4 is 16.8 Å². The van der Waals surface area contributed by atoms with Crippen LogP contribution < -0.4 is 4.74 Å². The monoisotopic (exact) mass is 457 g/mol. The summed E-state index contributed by atoms with van der Waals surface area (Å²) in [5, 5.41) is 9.60. The van der Waals surface area contributed by atoms with Gasteiger partial charge in [0.25, 0.3) is 5.91 Å². The van der Waals surface area contributed by atoms with E-state index in [1.54, 1.807) is 22.9 Å². The predicted molar refractivity (Wildman–Crippen MR) is 128 cm³/mol. The molecule has 0 N–H and O–H groups in total.